The van der Waals surface area contributed by atoms with Crippen molar-refractivity contribution in [3.8, 4) is 11.5 Å². The van der Waals surface area contributed by atoms with Crippen LogP contribution in [0.4, 0.5) is 21.0 Å². The van der Waals surface area contributed by atoms with Crippen LogP contribution < -0.4 is 20.3 Å². The molecule has 4 amide bonds. The van der Waals surface area contributed by atoms with Crippen LogP contribution in [0.5, 0.6) is 11.5 Å². The van der Waals surface area contributed by atoms with Crippen LogP contribution in [0.2, 0.25) is 0 Å². The van der Waals surface area contributed by atoms with Gasteiger partial charge in [0.25, 0.3) is 0 Å². The summed E-state index contributed by atoms with van der Waals surface area (Å²) < 4.78 is 11.4. The fourth-order valence-electron chi connectivity index (χ4n) is 5.39. The van der Waals surface area contributed by atoms with E-state index in [2.05, 4.69) is 15.6 Å². The number of nitrogens with zero attached hydrogens (tertiary/aromatic N) is 3. The molecule has 2 N–H and O–H groups in total. The Bertz CT molecular complexity index is 1490. The highest BCUT2D eigenvalue weighted by Gasteiger charge is 2.47. The zero-order valence-corrected chi connectivity index (χ0v) is 24.5. The zero-order chi connectivity index (χ0) is 29.4. The molecule has 42 heavy (non-hydrogen) atoms. The van der Waals surface area contributed by atoms with Crippen molar-refractivity contribution < 1.29 is 23.9 Å². The molecular weight excluding hydrogens is 554 g/mol. The number of carbonyl (C=O) groups excluding carboxylic acids is 3. The Morgan fingerprint density at radius 2 is 1.69 bits per heavy atom. The highest BCUT2D eigenvalue weighted by atomic mass is 32.2. The molecule has 3 aliphatic rings. The number of ether oxygens (including phenoxy) is 2. The van der Waals surface area contributed by atoms with Crippen LogP contribution in [0.25, 0.3) is 0 Å². The lowest BCUT2D eigenvalue weighted by Gasteiger charge is -2.35. The fourth-order valence-corrected chi connectivity index (χ4v) is 6.62. The molecule has 11 heteroatoms. The number of hydrogen-bond donors (Lipinski definition) is 2. The monoisotopic (exact) mass is 587 g/mol. The maximum Gasteiger partial charge on any atom is 0.410 e. The number of urea groups is 1. The molecule has 0 aliphatic carbocycles. The minimum Gasteiger partial charge on any atom is -0.457 e. The van der Waals surface area contributed by atoms with E-state index in [4.69, 9.17) is 9.47 Å². The van der Waals surface area contributed by atoms with Gasteiger partial charge in [-0.25, -0.2) is 14.6 Å². The Balaban J connectivity index is 1.13. The van der Waals surface area contributed by atoms with Crippen molar-refractivity contribution in [3.05, 3.63) is 72.4 Å². The molecule has 6 rings (SSSR count). The van der Waals surface area contributed by atoms with Gasteiger partial charge in [-0.3, -0.25) is 9.69 Å². The predicted octanol–water partition coefficient (Wildman–Crippen LogP) is 5.77. The van der Waals surface area contributed by atoms with Crippen LogP contribution in [-0.4, -0.2) is 57.9 Å². The van der Waals surface area contributed by atoms with Gasteiger partial charge in [-0.1, -0.05) is 30.0 Å². The minimum atomic E-state index is -0.552. The number of benzene rings is 2. The fraction of sp³-hybridized carbons (Fsp3) is 0.355. The molecule has 218 valence electrons. The number of para-hydroxylation sites is 1. The molecule has 3 aromatic rings. The Hall–Kier alpha value is -4.25. The predicted molar refractivity (Wildman–Crippen MR) is 159 cm³/mol. The van der Waals surface area contributed by atoms with Crippen molar-refractivity contribution in [2.24, 2.45) is 0 Å². The second kappa shape index (κ2) is 11.2. The van der Waals surface area contributed by atoms with Crippen LogP contribution in [0.3, 0.4) is 0 Å². The van der Waals surface area contributed by atoms with E-state index in [1.165, 1.54) is 11.8 Å². The van der Waals surface area contributed by atoms with Gasteiger partial charge in [-0.2, -0.15) is 0 Å². The third-order valence-electron chi connectivity index (χ3n) is 7.33. The van der Waals surface area contributed by atoms with Crippen molar-refractivity contribution in [1.82, 2.24) is 20.5 Å². The number of anilines is 2. The molecule has 2 unspecified atom stereocenters. The van der Waals surface area contributed by atoms with Gasteiger partial charge in [-0.05, 0) is 76.1 Å². The van der Waals surface area contributed by atoms with Gasteiger partial charge in [-0.15, -0.1) is 0 Å². The summed E-state index contributed by atoms with van der Waals surface area (Å²) in [5.74, 6) is 1.23. The number of piperidine rings is 1. The van der Waals surface area contributed by atoms with Crippen molar-refractivity contribution in [3.63, 3.8) is 0 Å². The topological polar surface area (TPSA) is 113 Å². The highest BCUT2D eigenvalue weighted by molar-refractivity contribution is 8.01. The Labute approximate surface area is 248 Å². The van der Waals surface area contributed by atoms with Gasteiger partial charge in [0.05, 0.1) is 17.4 Å². The average Bonchev–Trinajstić information content (AvgIpc) is 3.33. The van der Waals surface area contributed by atoms with E-state index >= 15 is 0 Å². The highest BCUT2D eigenvalue weighted by Crippen LogP contribution is 2.50. The van der Waals surface area contributed by atoms with Crippen LogP contribution in [0.15, 0.2) is 71.9 Å². The number of nitrogens with one attached hydrogen (secondary N) is 2. The van der Waals surface area contributed by atoms with Crippen molar-refractivity contribution in [2.45, 2.75) is 61.6 Å². The van der Waals surface area contributed by atoms with Gasteiger partial charge in [0, 0.05) is 30.9 Å². The first-order chi connectivity index (χ1) is 20.2. The van der Waals surface area contributed by atoms with Crippen LogP contribution in [-0.2, 0) is 9.53 Å². The summed E-state index contributed by atoms with van der Waals surface area (Å²) in [4.78, 5) is 47.2. The lowest BCUT2D eigenvalue weighted by molar-refractivity contribution is -0.121. The maximum atomic E-state index is 13.5. The van der Waals surface area contributed by atoms with Crippen LogP contribution >= 0.6 is 11.8 Å². The molecule has 0 bridgehead atoms. The number of hydrogen-bond acceptors (Lipinski definition) is 7. The average molecular weight is 588 g/mol. The number of likely N-dealkylation sites (tertiary alicyclic amines) is 1. The summed E-state index contributed by atoms with van der Waals surface area (Å²) in [6.07, 6.45) is 2.60. The van der Waals surface area contributed by atoms with E-state index in [0.29, 0.717) is 43.1 Å². The molecule has 2 aromatic carbocycles. The number of pyridine rings is 1. The number of amides is 4. The van der Waals surface area contributed by atoms with Crippen molar-refractivity contribution >= 4 is 41.2 Å². The number of thioether (sulfide) groups is 1. The molecule has 1 saturated heterocycles. The summed E-state index contributed by atoms with van der Waals surface area (Å²) in [6.45, 7) is 6.55. The summed E-state index contributed by atoms with van der Waals surface area (Å²) in [5, 5.41) is 6.38. The van der Waals surface area contributed by atoms with Crippen LogP contribution in [0.1, 0.15) is 45.2 Å². The summed E-state index contributed by atoms with van der Waals surface area (Å²) in [5.41, 5.74) is 1.67. The molecule has 0 saturated carbocycles. The molecular formula is C31H33N5O5S. The van der Waals surface area contributed by atoms with E-state index in [-0.39, 0.29) is 24.1 Å². The van der Waals surface area contributed by atoms with Gasteiger partial charge in [0.2, 0.25) is 5.91 Å². The maximum absolute atomic E-state index is 13.5. The number of aromatic nitrogens is 1. The first kappa shape index (κ1) is 27.9. The third-order valence-corrected chi connectivity index (χ3v) is 8.62. The molecule has 0 spiro atoms. The second-order valence-electron chi connectivity index (χ2n) is 11.5. The first-order valence-electron chi connectivity index (χ1n) is 14.0. The summed E-state index contributed by atoms with van der Waals surface area (Å²) in [7, 11) is 0. The lowest BCUT2D eigenvalue weighted by atomic mass is 9.99. The Morgan fingerprint density at radius 1 is 1.00 bits per heavy atom. The van der Waals surface area contributed by atoms with Crippen molar-refractivity contribution in [1.29, 1.82) is 0 Å². The normalized spacial score (nSPS) is 20.0. The molecule has 3 aliphatic heterocycles. The van der Waals surface area contributed by atoms with Gasteiger partial charge < -0.3 is 25.0 Å². The van der Waals surface area contributed by atoms with Gasteiger partial charge >= 0.3 is 12.1 Å². The van der Waals surface area contributed by atoms with Crippen molar-refractivity contribution in [2.75, 3.05) is 18.0 Å². The quantitative estimate of drug-likeness (QED) is 0.390. The first-order valence-corrected chi connectivity index (χ1v) is 14.9. The lowest BCUT2D eigenvalue weighted by Crippen LogP contribution is -2.52. The molecule has 1 fully saturated rings. The second-order valence-corrected chi connectivity index (χ2v) is 12.6. The van der Waals surface area contributed by atoms with E-state index in [0.717, 1.165) is 16.3 Å². The standard InChI is InChI=1S/C31H33N5O5S/c1-31(2,3)41-30(39)35-17-14-19(15-18-35)33-27(37)26-25-24-23(13-16-32-28(24)42-26)36(29(38)34-25)20-9-11-22(12-10-20)40-21-7-5-4-6-8-21/h4-13,16,19,25-26H,14-15,17-18H2,1-3H3,(H,33,37)(H,34,38). The van der Waals surface area contributed by atoms with Gasteiger partial charge in [0.1, 0.15) is 27.4 Å². The molecule has 0 radical (unpaired) electrons. The third kappa shape index (κ3) is 5.74. The summed E-state index contributed by atoms with van der Waals surface area (Å²) in [6, 6.07) is 17.7. The van der Waals surface area contributed by atoms with Gasteiger partial charge in [0.15, 0.2) is 0 Å². The van der Waals surface area contributed by atoms with E-state index < -0.39 is 16.9 Å². The Morgan fingerprint density at radius 3 is 2.38 bits per heavy atom. The SMILES string of the molecule is CC(C)(C)OC(=O)N1CCC(NC(=O)C2Sc3nccc4c3C2NC(=O)N4c2ccc(Oc3ccccc3)cc2)CC1. The molecule has 10 nitrogen and oxygen atoms in total. The van der Waals surface area contributed by atoms with E-state index in [1.54, 1.807) is 16.0 Å². The number of carbonyl (C=O) groups is 3. The van der Waals surface area contributed by atoms with E-state index in [9.17, 15) is 14.4 Å². The summed E-state index contributed by atoms with van der Waals surface area (Å²) >= 11 is 1.37. The Kier molecular flexibility index (Phi) is 7.44. The van der Waals surface area contributed by atoms with Crippen LogP contribution in [0, 0.1) is 0 Å². The minimum absolute atomic E-state index is 0.0691. The molecule has 2 atom stereocenters. The number of rotatable bonds is 5. The zero-order valence-electron chi connectivity index (χ0n) is 23.7. The van der Waals surface area contributed by atoms with E-state index in [1.807, 2.05) is 81.4 Å². The largest absolute Gasteiger partial charge is 0.457 e. The molecule has 4 heterocycles. The smallest absolute Gasteiger partial charge is 0.410 e. The molecule has 1 aromatic heterocycles.